The molecular formula is C23H19ClFN3S. The zero-order valence-corrected chi connectivity index (χ0v) is 17.4. The van der Waals surface area contributed by atoms with Crippen LogP contribution in [0.1, 0.15) is 13.3 Å². The Bertz CT molecular complexity index is 1090. The van der Waals surface area contributed by atoms with Crippen molar-refractivity contribution in [3.05, 3.63) is 83.9 Å². The van der Waals surface area contributed by atoms with Crippen molar-refractivity contribution >= 4 is 23.4 Å². The number of pyridine rings is 1. The average molecular weight is 424 g/mol. The van der Waals surface area contributed by atoms with Crippen LogP contribution in [0.15, 0.2) is 83.1 Å². The number of imidazole rings is 1. The van der Waals surface area contributed by atoms with Crippen molar-refractivity contribution in [3.63, 3.8) is 0 Å². The molecular weight excluding hydrogens is 405 g/mol. The third-order valence-electron chi connectivity index (χ3n) is 4.47. The van der Waals surface area contributed by atoms with Crippen molar-refractivity contribution in [3.8, 4) is 22.5 Å². The van der Waals surface area contributed by atoms with E-state index in [1.54, 1.807) is 36.3 Å². The van der Waals surface area contributed by atoms with Crippen LogP contribution in [0.5, 0.6) is 0 Å². The molecule has 0 atom stereocenters. The summed E-state index contributed by atoms with van der Waals surface area (Å²) in [5.41, 5.74) is 3.76. The van der Waals surface area contributed by atoms with Gasteiger partial charge in [-0.3, -0.25) is 4.98 Å². The zero-order valence-electron chi connectivity index (χ0n) is 15.8. The third kappa shape index (κ3) is 4.36. The van der Waals surface area contributed by atoms with E-state index in [4.69, 9.17) is 16.6 Å². The number of nitrogens with zero attached hydrogens (tertiary/aromatic N) is 3. The number of hydrogen-bond donors (Lipinski definition) is 0. The summed E-state index contributed by atoms with van der Waals surface area (Å²) >= 11 is 7.63. The molecule has 0 aliphatic rings. The Labute approximate surface area is 178 Å². The highest BCUT2D eigenvalue weighted by molar-refractivity contribution is 7.99. The lowest BCUT2D eigenvalue weighted by Gasteiger charge is -2.12. The molecule has 3 nitrogen and oxygen atoms in total. The minimum absolute atomic E-state index is 0.261. The topological polar surface area (TPSA) is 30.7 Å². The van der Waals surface area contributed by atoms with E-state index in [0.29, 0.717) is 5.02 Å². The molecule has 0 fully saturated rings. The predicted molar refractivity (Wildman–Crippen MR) is 117 cm³/mol. The molecule has 146 valence electrons. The smallest absolute Gasteiger partial charge is 0.173 e. The molecule has 6 heteroatoms. The van der Waals surface area contributed by atoms with E-state index in [0.717, 1.165) is 45.5 Å². The molecule has 0 spiro atoms. The molecule has 2 heterocycles. The van der Waals surface area contributed by atoms with Crippen LogP contribution in [0.3, 0.4) is 0 Å². The van der Waals surface area contributed by atoms with Crippen molar-refractivity contribution in [2.24, 2.45) is 0 Å². The van der Waals surface area contributed by atoms with Gasteiger partial charge in [-0.1, -0.05) is 30.3 Å². The lowest BCUT2D eigenvalue weighted by atomic mass is 10.1. The predicted octanol–water partition coefficient (Wildman–Crippen LogP) is 6.97. The highest BCUT2D eigenvalue weighted by atomic mass is 35.5. The molecule has 4 aromatic rings. The van der Waals surface area contributed by atoms with Crippen molar-refractivity contribution in [2.45, 2.75) is 29.9 Å². The monoisotopic (exact) mass is 423 g/mol. The molecule has 0 unspecified atom stereocenters. The maximum Gasteiger partial charge on any atom is 0.173 e. The third-order valence-corrected chi connectivity index (χ3v) is 5.73. The molecule has 0 aliphatic carbocycles. The van der Waals surface area contributed by atoms with Gasteiger partial charge in [0.25, 0.3) is 0 Å². The Kier molecular flexibility index (Phi) is 5.97. The SMILES string of the molecule is CCCn1c(Sc2ccc(Cl)cc2)nc(-c2ccc(F)cc2)c1-c1ccncc1. The van der Waals surface area contributed by atoms with E-state index in [2.05, 4.69) is 16.5 Å². The van der Waals surface area contributed by atoms with Crippen molar-refractivity contribution < 1.29 is 4.39 Å². The van der Waals surface area contributed by atoms with Crippen LogP contribution in [0.25, 0.3) is 22.5 Å². The van der Waals surface area contributed by atoms with E-state index in [9.17, 15) is 4.39 Å². The number of halogens is 2. The van der Waals surface area contributed by atoms with Crippen LogP contribution in [-0.4, -0.2) is 14.5 Å². The van der Waals surface area contributed by atoms with Gasteiger partial charge in [-0.2, -0.15) is 0 Å². The fraction of sp³-hybridized carbons (Fsp3) is 0.130. The first-order valence-corrected chi connectivity index (χ1v) is 10.6. The first-order chi connectivity index (χ1) is 14.2. The van der Waals surface area contributed by atoms with Gasteiger partial charge in [0, 0.05) is 40.0 Å². The second kappa shape index (κ2) is 8.80. The molecule has 2 aromatic heterocycles. The quantitative estimate of drug-likeness (QED) is 0.335. The summed E-state index contributed by atoms with van der Waals surface area (Å²) < 4.78 is 15.7. The summed E-state index contributed by atoms with van der Waals surface area (Å²) in [7, 11) is 0. The maximum absolute atomic E-state index is 13.5. The number of aromatic nitrogens is 3. The molecule has 0 aliphatic heterocycles. The molecule has 0 saturated heterocycles. The van der Waals surface area contributed by atoms with Crippen LogP contribution >= 0.6 is 23.4 Å². The van der Waals surface area contributed by atoms with E-state index in [1.165, 1.54) is 12.1 Å². The van der Waals surface area contributed by atoms with Crippen LogP contribution < -0.4 is 0 Å². The second-order valence-corrected chi connectivity index (χ2v) is 8.02. The number of rotatable bonds is 6. The van der Waals surface area contributed by atoms with Crippen LogP contribution in [0, 0.1) is 5.82 Å². The van der Waals surface area contributed by atoms with Crippen LogP contribution in [0.4, 0.5) is 4.39 Å². The fourth-order valence-electron chi connectivity index (χ4n) is 3.16. The minimum atomic E-state index is -0.261. The van der Waals surface area contributed by atoms with Gasteiger partial charge in [-0.05, 0) is 67.1 Å². The maximum atomic E-state index is 13.5. The minimum Gasteiger partial charge on any atom is -0.318 e. The first kappa shape index (κ1) is 19.7. The lowest BCUT2D eigenvalue weighted by Crippen LogP contribution is -2.01. The van der Waals surface area contributed by atoms with Crippen LogP contribution in [0.2, 0.25) is 5.02 Å². The van der Waals surface area contributed by atoms with Gasteiger partial charge < -0.3 is 4.57 Å². The molecule has 4 rings (SSSR count). The molecule has 0 N–H and O–H groups in total. The van der Waals surface area contributed by atoms with E-state index in [1.807, 2.05) is 36.4 Å². The number of benzene rings is 2. The Morgan fingerprint density at radius 1 is 0.931 bits per heavy atom. The summed E-state index contributed by atoms with van der Waals surface area (Å²) in [6.45, 7) is 2.96. The highest BCUT2D eigenvalue weighted by Gasteiger charge is 2.20. The van der Waals surface area contributed by atoms with Gasteiger partial charge >= 0.3 is 0 Å². The Balaban J connectivity index is 1.88. The average Bonchev–Trinajstić information content (AvgIpc) is 3.09. The summed E-state index contributed by atoms with van der Waals surface area (Å²) in [4.78, 5) is 10.2. The van der Waals surface area contributed by atoms with Gasteiger partial charge in [0.2, 0.25) is 0 Å². The van der Waals surface area contributed by atoms with E-state index >= 15 is 0 Å². The molecule has 0 saturated carbocycles. The summed E-state index contributed by atoms with van der Waals surface area (Å²) in [6.07, 6.45) is 4.52. The first-order valence-electron chi connectivity index (χ1n) is 9.36. The van der Waals surface area contributed by atoms with Crippen molar-refractivity contribution in [2.75, 3.05) is 0 Å². The molecule has 0 radical (unpaired) electrons. The standard InChI is InChI=1S/C23H19ClFN3S/c1-2-15-28-22(17-11-13-26-14-12-17)21(16-3-7-19(25)8-4-16)27-23(28)29-20-9-5-18(24)6-10-20/h3-14H,2,15H2,1H3. The highest BCUT2D eigenvalue weighted by Crippen LogP contribution is 2.38. The summed E-state index contributed by atoms with van der Waals surface area (Å²) in [5.74, 6) is -0.261. The lowest BCUT2D eigenvalue weighted by molar-refractivity contribution is 0.626. The Morgan fingerprint density at radius 3 is 2.28 bits per heavy atom. The van der Waals surface area contributed by atoms with Crippen molar-refractivity contribution in [1.29, 1.82) is 0 Å². The Hall–Kier alpha value is -2.63. The second-order valence-electron chi connectivity index (χ2n) is 6.54. The molecule has 29 heavy (non-hydrogen) atoms. The molecule has 2 aromatic carbocycles. The summed E-state index contributed by atoms with van der Waals surface area (Å²) in [6, 6.07) is 18.2. The summed E-state index contributed by atoms with van der Waals surface area (Å²) in [5, 5.41) is 1.59. The van der Waals surface area contributed by atoms with Crippen LogP contribution in [-0.2, 0) is 6.54 Å². The van der Waals surface area contributed by atoms with Gasteiger partial charge in [-0.25, -0.2) is 9.37 Å². The normalized spacial score (nSPS) is 11.0. The molecule has 0 bridgehead atoms. The molecule has 0 amide bonds. The number of hydrogen-bond acceptors (Lipinski definition) is 3. The van der Waals surface area contributed by atoms with Gasteiger partial charge in [-0.15, -0.1) is 0 Å². The van der Waals surface area contributed by atoms with E-state index < -0.39 is 0 Å². The van der Waals surface area contributed by atoms with E-state index in [-0.39, 0.29) is 5.82 Å². The van der Waals surface area contributed by atoms with Gasteiger partial charge in [0.1, 0.15) is 5.82 Å². The fourth-order valence-corrected chi connectivity index (χ4v) is 4.20. The Morgan fingerprint density at radius 2 is 1.62 bits per heavy atom. The van der Waals surface area contributed by atoms with Crippen molar-refractivity contribution in [1.82, 2.24) is 14.5 Å². The van der Waals surface area contributed by atoms with Gasteiger partial charge in [0.15, 0.2) is 5.16 Å². The van der Waals surface area contributed by atoms with Gasteiger partial charge in [0.05, 0.1) is 11.4 Å². The largest absolute Gasteiger partial charge is 0.318 e. The zero-order chi connectivity index (χ0) is 20.2.